The molecule has 1 saturated heterocycles. The molecule has 3 rings (SSSR count). The Labute approximate surface area is 174 Å². The van der Waals surface area contributed by atoms with E-state index in [1.165, 1.54) is 6.07 Å². The fourth-order valence-electron chi connectivity index (χ4n) is 3.85. The van der Waals surface area contributed by atoms with Gasteiger partial charge in [0, 0.05) is 24.3 Å². The summed E-state index contributed by atoms with van der Waals surface area (Å²) in [7, 11) is -3.59. The van der Waals surface area contributed by atoms with Crippen molar-refractivity contribution in [1.82, 2.24) is 4.31 Å². The van der Waals surface area contributed by atoms with Crippen LogP contribution in [-0.4, -0.2) is 31.7 Å². The van der Waals surface area contributed by atoms with Gasteiger partial charge in [-0.2, -0.15) is 4.31 Å². The number of benzene rings is 2. The van der Waals surface area contributed by atoms with Gasteiger partial charge < -0.3 is 5.32 Å². The SMILES string of the molecule is CCc1cccc(CC)c1NC(=O)c1ccc(C)c(S(=O)(=O)N2CCCCC2)c1. The standard InChI is InChI=1S/C23H30N2O3S/c1-4-18-10-9-11-19(5-2)22(18)24-23(26)20-13-12-17(3)21(16-20)29(27,28)25-14-7-6-8-15-25/h9-13,16H,4-8,14-15H2,1-3H3,(H,24,26). The van der Waals surface area contributed by atoms with E-state index >= 15 is 0 Å². The van der Waals surface area contributed by atoms with E-state index in [9.17, 15) is 13.2 Å². The third-order valence-corrected chi connectivity index (χ3v) is 7.66. The summed E-state index contributed by atoms with van der Waals surface area (Å²) in [6, 6.07) is 11.0. The van der Waals surface area contributed by atoms with Crippen LogP contribution in [0.5, 0.6) is 0 Å². The highest BCUT2D eigenvalue weighted by atomic mass is 32.2. The van der Waals surface area contributed by atoms with Gasteiger partial charge in [0.15, 0.2) is 0 Å². The number of sulfonamides is 1. The second-order valence-electron chi connectivity index (χ2n) is 7.56. The minimum absolute atomic E-state index is 0.228. The number of carbonyl (C=O) groups is 1. The Hall–Kier alpha value is -2.18. The minimum atomic E-state index is -3.59. The Kier molecular flexibility index (Phi) is 6.75. The molecule has 1 amide bonds. The van der Waals surface area contributed by atoms with Gasteiger partial charge in [-0.15, -0.1) is 0 Å². The molecule has 0 aliphatic carbocycles. The Bertz CT molecular complexity index is 971. The smallest absolute Gasteiger partial charge is 0.255 e. The summed E-state index contributed by atoms with van der Waals surface area (Å²) in [5.41, 5.74) is 4.01. The van der Waals surface area contributed by atoms with Gasteiger partial charge in [0.25, 0.3) is 5.91 Å². The molecule has 1 aliphatic heterocycles. The van der Waals surface area contributed by atoms with Crippen molar-refractivity contribution in [1.29, 1.82) is 0 Å². The largest absolute Gasteiger partial charge is 0.321 e. The van der Waals surface area contributed by atoms with Crippen molar-refractivity contribution in [3.8, 4) is 0 Å². The molecule has 156 valence electrons. The fraction of sp³-hybridized carbons (Fsp3) is 0.435. The Morgan fingerprint density at radius 2 is 1.62 bits per heavy atom. The van der Waals surface area contributed by atoms with Crippen molar-refractivity contribution in [2.75, 3.05) is 18.4 Å². The first-order chi connectivity index (χ1) is 13.9. The van der Waals surface area contributed by atoms with E-state index in [2.05, 4.69) is 19.2 Å². The number of hydrogen-bond donors (Lipinski definition) is 1. The number of rotatable bonds is 6. The number of anilines is 1. The quantitative estimate of drug-likeness (QED) is 0.754. The monoisotopic (exact) mass is 414 g/mol. The van der Waals surface area contributed by atoms with Crippen LogP contribution < -0.4 is 5.32 Å². The maximum atomic E-state index is 13.1. The highest BCUT2D eigenvalue weighted by molar-refractivity contribution is 7.89. The van der Waals surface area contributed by atoms with Crippen molar-refractivity contribution >= 4 is 21.6 Å². The van der Waals surface area contributed by atoms with Crippen LogP contribution in [0.3, 0.4) is 0 Å². The molecule has 1 fully saturated rings. The molecular formula is C23H30N2O3S. The highest BCUT2D eigenvalue weighted by Crippen LogP contribution is 2.26. The topological polar surface area (TPSA) is 66.5 Å². The third-order valence-electron chi connectivity index (χ3n) is 5.62. The van der Waals surface area contributed by atoms with Gasteiger partial charge in [-0.25, -0.2) is 8.42 Å². The summed E-state index contributed by atoms with van der Waals surface area (Å²) in [6.07, 6.45) is 4.44. The average Bonchev–Trinajstić information content (AvgIpc) is 2.74. The lowest BCUT2D eigenvalue weighted by molar-refractivity contribution is 0.102. The summed E-state index contributed by atoms with van der Waals surface area (Å²) in [5.74, 6) is -0.282. The molecule has 6 heteroatoms. The molecule has 0 radical (unpaired) electrons. The van der Waals surface area contributed by atoms with Crippen molar-refractivity contribution in [3.05, 3.63) is 58.7 Å². The van der Waals surface area contributed by atoms with Crippen molar-refractivity contribution in [2.24, 2.45) is 0 Å². The number of carbonyl (C=O) groups excluding carboxylic acids is 1. The summed E-state index contributed by atoms with van der Waals surface area (Å²) in [6.45, 7) is 6.98. The second-order valence-corrected chi connectivity index (χ2v) is 9.46. The highest BCUT2D eigenvalue weighted by Gasteiger charge is 2.28. The molecule has 0 saturated carbocycles. The molecule has 0 aromatic heterocycles. The Morgan fingerprint density at radius 1 is 1.00 bits per heavy atom. The first-order valence-electron chi connectivity index (χ1n) is 10.4. The predicted octanol–water partition coefficient (Wildman–Crippen LogP) is 4.55. The van der Waals surface area contributed by atoms with E-state index < -0.39 is 10.0 Å². The van der Waals surface area contributed by atoms with Crippen LogP contribution in [-0.2, 0) is 22.9 Å². The summed E-state index contributed by atoms with van der Waals surface area (Å²) < 4.78 is 27.8. The molecule has 5 nitrogen and oxygen atoms in total. The number of nitrogens with one attached hydrogen (secondary N) is 1. The van der Waals surface area contributed by atoms with Crippen molar-refractivity contribution in [3.63, 3.8) is 0 Å². The van der Waals surface area contributed by atoms with E-state index in [4.69, 9.17) is 0 Å². The zero-order valence-corrected chi connectivity index (χ0v) is 18.3. The number of para-hydroxylation sites is 1. The molecule has 0 spiro atoms. The van der Waals surface area contributed by atoms with Crippen molar-refractivity contribution < 1.29 is 13.2 Å². The Morgan fingerprint density at radius 3 is 2.21 bits per heavy atom. The zero-order valence-electron chi connectivity index (χ0n) is 17.5. The van der Waals surface area contributed by atoms with Crippen LogP contribution in [0, 0.1) is 6.92 Å². The molecule has 0 bridgehead atoms. The van der Waals surface area contributed by atoms with Crippen molar-refractivity contribution in [2.45, 2.75) is 57.8 Å². The predicted molar refractivity (Wildman–Crippen MR) is 117 cm³/mol. The fourth-order valence-corrected chi connectivity index (χ4v) is 5.62. The van der Waals surface area contributed by atoms with Gasteiger partial charge in [-0.05, 0) is 61.4 Å². The lowest BCUT2D eigenvalue weighted by Gasteiger charge is -2.26. The van der Waals surface area contributed by atoms with E-state index in [0.717, 1.165) is 48.9 Å². The average molecular weight is 415 g/mol. The van der Waals surface area contributed by atoms with Gasteiger partial charge in [-0.1, -0.05) is 44.5 Å². The number of aryl methyl sites for hydroxylation is 3. The molecule has 1 heterocycles. The van der Waals surface area contributed by atoms with E-state index in [1.807, 2.05) is 18.2 Å². The van der Waals surface area contributed by atoms with Crippen LogP contribution in [0.15, 0.2) is 41.3 Å². The van der Waals surface area contributed by atoms with E-state index in [0.29, 0.717) is 24.2 Å². The van der Waals surface area contributed by atoms with Crippen LogP contribution in [0.4, 0.5) is 5.69 Å². The molecule has 0 unspecified atom stereocenters. The number of piperidine rings is 1. The first kappa shape index (κ1) is 21.5. The maximum absolute atomic E-state index is 13.1. The van der Waals surface area contributed by atoms with Gasteiger partial charge in [-0.3, -0.25) is 4.79 Å². The number of amides is 1. The zero-order chi connectivity index (χ0) is 21.0. The van der Waals surface area contributed by atoms with Gasteiger partial charge in [0.2, 0.25) is 10.0 Å². The molecular weight excluding hydrogens is 384 g/mol. The van der Waals surface area contributed by atoms with Crippen LogP contribution in [0.2, 0.25) is 0 Å². The molecule has 1 aliphatic rings. The van der Waals surface area contributed by atoms with Gasteiger partial charge in [0.1, 0.15) is 0 Å². The maximum Gasteiger partial charge on any atom is 0.255 e. The number of hydrogen-bond acceptors (Lipinski definition) is 3. The van der Waals surface area contributed by atoms with E-state index in [-0.39, 0.29) is 10.8 Å². The van der Waals surface area contributed by atoms with Gasteiger partial charge >= 0.3 is 0 Å². The van der Waals surface area contributed by atoms with E-state index in [1.54, 1.807) is 23.4 Å². The molecule has 2 aromatic carbocycles. The molecule has 0 atom stereocenters. The normalized spacial score (nSPS) is 15.3. The summed E-state index contributed by atoms with van der Waals surface area (Å²) >= 11 is 0. The molecule has 29 heavy (non-hydrogen) atoms. The third kappa shape index (κ3) is 4.54. The lowest BCUT2D eigenvalue weighted by atomic mass is 10.0. The second kappa shape index (κ2) is 9.09. The van der Waals surface area contributed by atoms with Gasteiger partial charge in [0.05, 0.1) is 4.90 Å². The van der Waals surface area contributed by atoms with Crippen LogP contribution in [0.25, 0.3) is 0 Å². The lowest BCUT2D eigenvalue weighted by Crippen LogP contribution is -2.36. The molecule has 1 N–H and O–H groups in total. The number of nitrogens with zero attached hydrogens (tertiary/aromatic N) is 1. The summed E-state index contributed by atoms with van der Waals surface area (Å²) in [4.78, 5) is 13.2. The first-order valence-corrected chi connectivity index (χ1v) is 11.9. The Balaban J connectivity index is 1.93. The minimum Gasteiger partial charge on any atom is -0.321 e. The van der Waals surface area contributed by atoms with Crippen LogP contribution in [0.1, 0.15) is 60.2 Å². The molecule has 2 aromatic rings. The summed E-state index contributed by atoms with van der Waals surface area (Å²) in [5, 5.41) is 3.03. The van der Waals surface area contributed by atoms with Crippen LogP contribution >= 0.6 is 0 Å².